The molecule has 3 N–H and O–H groups in total. The van der Waals surface area contributed by atoms with Crippen LogP contribution in [0.1, 0.15) is 12.8 Å². The number of aliphatic hydroxyl groups is 3. The van der Waals surface area contributed by atoms with Crippen molar-refractivity contribution in [2.24, 2.45) is 0 Å². The average Bonchev–Trinajstić information content (AvgIpc) is 2.41. The van der Waals surface area contributed by atoms with Gasteiger partial charge >= 0.3 is 0 Å². The smallest absolute Gasteiger partial charge is 0.0979 e. The zero-order valence-electron chi connectivity index (χ0n) is 6.93. The fourth-order valence-corrected chi connectivity index (χ4v) is 2.26. The number of rotatable bonds is 0. The normalized spacial score (nSPS) is 49.2. The zero-order chi connectivity index (χ0) is 8.72. The SMILES string of the molecule is O[C@@H]1[C@H]2[C@@H](O)CCN2CC[C@H]1O. The Morgan fingerprint density at radius 1 is 0.917 bits per heavy atom. The Morgan fingerprint density at radius 2 is 1.50 bits per heavy atom. The molecule has 0 radical (unpaired) electrons. The number of piperidine rings is 1. The molecule has 4 atom stereocenters. The van der Waals surface area contributed by atoms with E-state index in [1.807, 2.05) is 0 Å². The predicted molar refractivity (Wildman–Crippen MR) is 42.6 cm³/mol. The van der Waals surface area contributed by atoms with Crippen LogP contribution in [-0.4, -0.2) is 57.7 Å². The molecule has 12 heavy (non-hydrogen) atoms. The van der Waals surface area contributed by atoms with Gasteiger partial charge in [-0.05, 0) is 12.8 Å². The minimum Gasteiger partial charge on any atom is -0.391 e. The van der Waals surface area contributed by atoms with Crippen molar-refractivity contribution in [1.29, 1.82) is 0 Å². The summed E-state index contributed by atoms with van der Waals surface area (Å²) in [5.41, 5.74) is 0. The van der Waals surface area contributed by atoms with Crippen LogP contribution in [0.15, 0.2) is 0 Å². The highest BCUT2D eigenvalue weighted by Crippen LogP contribution is 2.27. The van der Waals surface area contributed by atoms with Crippen LogP contribution < -0.4 is 0 Å². The molecule has 0 aromatic carbocycles. The maximum atomic E-state index is 9.57. The van der Waals surface area contributed by atoms with Gasteiger partial charge in [-0.15, -0.1) is 0 Å². The van der Waals surface area contributed by atoms with E-state index in [-0.39, 0.29) is 6.04 Å². The molecule has 0 aliphatic carbocycles. The lowest BCUT2D eigenvalue weighted by Gasteiger charge is -2.37. The third-order valence-corrected chi connectivity index (χ3v) is 2.98. The molecule has 4 heteroatoms. The van der Waals surface area contributed by atoms with Gasteiger partial charge in [-0.2, -0.15) is 0 Å². The average molecular weight is 173 g/mol. The van der Waals surface area contributed by atoms with E-state index in [9.17, 15) is 15.3 Å². The molecule has 2 aliphatic rings. The van der Waals surface area contributed by atoms with Gasteiger partial charge in [-0.3, -0.25) is 4.90 Å². The van der Waals surface area contributed by atoms with Crippen LogP contribution >= 0.6 is 0 Å². The Bertz CT molecular complexity index is 176. The molecule has 2 aliphatic heterocycles. The summed E-state index contributed by atoms with van der Waals surface area (Å²) >= 11 is 0. The van der Waals surface area contributed by atoms with Crippen molar-refractivity contribution in [2.45, 2.75) is 37.2 Å². The second-order valence-corrected chi connectivity index (χ2v) is 3.73. The largest absolute Gasteiger partial charge is 0.391 e. The number of hydrogen-bond acceptors (Lipinski definition) is 4. The second kappa shape index (κ2) is 2.96. The van der Waals surface area contributed by atoms with Gasteiger partial charge in [0, 0.05) is 13.1 Å². The fourth-order valence-electron chi connectivity index (χ4n) is 2.26. The molecule has 2 heterocycles. The fraction of sp³-hybridized carbons (Fsp3) is 1.00. The van der Waals surface area contributed by atoms with Gasteiger partial charge in [-0.1, -0.05) is 0 Å². The van der Waals surface area contributed by atoms with Crippen LogP contribution in [-0.2, 0) is 0 Å². The van der Waals surface area contributed by atoms with E-state index < -0.39 is 18.3 Å². The molecule has 0 aromatic rings. The molecule has 0 spiro atoms. The Kier molecular flexibility index (Phi) is 2.08. The minimum atomic E-state index is -0.767. The van der Waals surface area contributed by atoms with E-state index in [4.69, 9.17) is 0 Å². The Labute approximate surface area is 71.4 Å². The molecular formula is C8H15NO3. The standard InChI is InChI=1S/C8H15NO3/c10-5-1-3-9-4-2-6(11)8(12)7(5)9/h5-8,10-12H,1-4H2/t5-,6+,7+,8-/m0/s1. The van der Waals surface area contributed by atoms with Gasteiger partial charge < -0.3 is 15.3 Å². The van der Waals surface area contributed by atoms with Gasteiger partial charge in [0.25, 0.3) is 0 Å². The van der Waals surface area contributed by atoms with Crippen molar-refractivity contribution >= 4 is 0 Å². The van der Waals surface area contributed by atoms with Crippen LogP contribution in [0.4, 0.5) is 0 Å². The monoisotopic (exact) mass is 173 g/mol. The van der Waals surface area contributed by atoms with Gasteiger partial charge in [0.05, 0.1) is 24.4 Å². The van der Waals surface area contributed by atoms with Gasteiger partial charge in [-0.25, -0.2) is 0 Å². The lowest BCUT2D eigenvalue weighted by atomic mass is 9.95. The van der Waals surface area contributed by atoms with Crippen molar-refractivity contribution in [2.75, 3.05) is 13.1 Å². The van der Waals surface area contributed by atoms with Crippen LogP contribution in [0.5, 0.6) is 0 Å². The number of nitrogens with zero attached hydrogens (tertiary/aromatic N) is 1. The summed E-state index contributed by atoms with van der Waals surface area (Å²) in [5.74, 6) is 0. The van der Waals surface area contributed by atoms with Crippen molar-refractivity contribution < 1.29 is 15.3 Å². The molecule has 0 saturated carbocycles. The quantitative estimate of drug-likeness (QED) is 0.419. The maximum Gasteiger partial charge on any atom is 0.0979 e. The number of aliphatic hydroxyl groups excluding tert-OH is 3. The number of hydrogen-bond donors (Lipinski definition) is 3. The van der Waals surface area contributed by atoms with Crippen LogP contribution in [0.25, 0.3) is 0 Å². The first-order chi connectivity index (χ1) is 5.70. The summed E-state index contributed by atoms with van der Waals surface area (Å²) in [4.78, 5) is 2.06. The summed E-state index contributed by atoms with van der Waals surface area (Å²) in [6.07, 6.45) is -0.552. The molecule has 2 rings (SSSR count). The molecular weight excluding hydrogens is 158 g/mol. The van der Waals surface area contributed by atoms with E-state index >= 15 is 0 Å². The molecule has 4 nitrogen and oxygen atoms in total. The van der Waals surface area contributed by atoms with Crippen molar-refractivity contribution in [3.8, 4) is 0 Å². The molecule has 70 valence electrons. The van der Waals surface area contributed by atoms with Gasteiger partial charge in [0.15, 0.2) is 0 Å². The topological polar surface area (TPSA) is 63.9 Å². The summed E-state index contributed by atoms with van der Waals surface area (Å²) in [6.45, 7) is 1.63. The van der Waals surface area contributed by atoms with E-state index in [1.54, 1.807) is 0 Å². The molecule has 0 amide bonds. The van der Waals surface area contributed by atoms with Crippen LogP contribution in [0.3, 0.4) is 0 Å². The Morgan fingerprint density at radius 3 is 2.17 bits per heavy atom. The summed E-state index contributed by atoms with van der Waals surface area (Å²) in [7, 11) is 0. The van der Waals surface area contributed by atoms with Crippen molar-refractivity contribution in [1.82, 2.24) is 4.90 Å². The zero-order valence-corrected chi connectivity index (χ0v) is 6.93. The third kappa shape index (κ3) is 1.15. The lowest BCUT2D eigenvalue weighted by molar-refractivity contribution is -0.0861. The van der Waals surface area contributed by atoms with E-state index in [0.717, 1.165) is 13.1 Å². The highest BCUT2D eigenvalue weighted by atomic mass is 16.3. The lowest BCUT2D eigenvalue weighted by Crippen LogP contribution is -2.55. The first kappa shape index (κ1) is 8.44. The molecule has 0 aromatic heterocycles. The molecule has 0 unspecified atom stereocenters. The molecule has 2 saturated heterocycles. The summed E-state index contributed by atoms with van der Waals surface area (Å²) < 4.78 is 0. The minimum absolute atomic E-state index is 0.228. The van der Waals surface area contributed by atoms with Crippen LogP contribution in [0.2, 0.25) is 0 Å². The molecule has 0 bridgehead atoms. The Balaban J connectivity index is 2.11. The predicted octanol–water partition coefficient (Wildman–Crippen LogP) is -1.45. The van der Waals surface area contributed by atoms with Crippen molar-refractivity contribution in [3.05, 3.63) is 0 Å². The van der Waals surface area contributed by atoms with Gasteiger partial charge in [0.1, 0.15) is 0 Å². The van der Waals surface area contributed by atoms with E-state index in [0.29, 0.717) is 12.8 Å². The highest BCUT2D eigenvalue weighted by molar-refractivity contribution is 4.98. The van der Waals surface area contributed by atoms with Gasteiger partial charge in [0.2, 0.25) is 0 Å². The van der Waals surface area contributed by atoms with Crippen molar-refractivity contribution in [3.63, 3.8) is 0 Å². The van der Waals surface area contributed by atoms with Crippen LogP contribution in [0, 0.1) is 0 Å². The summed E-state index contributed by atoms with van der Waals surface area (Å²) in [5, 5.41) is 28.4. The van der Waals surface area contributed by atoms with E-state index in [2.05, 4.69) is 4.90 Å². The van der Waals surface area contributed by atoms with E-state index in [1.165, 1.54) is 0 Å². The Hall–Kier alpha value is -0.160. The maximum absolute atomic E-state index is 9.57. The first-order valence-corrected chi connectivity index (χ1v) is 4.48. The second-order valence-electron chi connectivity index (χ2n) is 3.73. The highest BCUT2D eigenvalue weighted by Gasteiger charge is 2.43. The first-order valence-electron chi connectivity index (χ1n) is 4.48. The summed E-state index contributed by atoms with van der Waals surface area (Å²) in [6, 6.07) is -0.228. The third-order valence-electron chi connectivity index (χ3n) is 2.98. The molecule has 2 fully saturated rings. The number of fused-ring (bicyclic) bond motifs is 1.